The van der Waals surface area contributed by atoms with Gasteiger partial charge in [-0.2, -0.15) is 5.10 Å². The fourth-order valence-electron chi connectivity index (χ4n) is 1.86. The van der Waals surface area contributed by atoms with Crippen LogP contribution in [0.25, 0.3) is 0 Å². The second-order valence-electron chi connectivity index (χ2n) is 4.59. The third-order valence-electron chi connectivity index (χ3n) is 2.79. The molecule has 2 rings (SSSR count). The molecule has 20 heavy (non-hydrogen) atoms. The molecule has 0 atom stereocenters. The predicted octanol–water partition coefficient (Wildman–Crippen LogP) is 3.39. The zero-order chi connectivity index (χ0) is 14.7. The minimum Gasteiger partial charge on any atom is -0.487 e. The van der Waals surface area contributed by atoms with Crippen molar-refractivity contribution in [1.82, 2.24) is 9.78 Å². The second-order valence-corrected chi connectivity index (χ2v) is 5.03. The van der Waals surface area contributed by atoms with Crippen LogP contribution in [0, 0.1) is 0 Å². The van der Waals surface area contributed by atoms with Crippen LogP contribution >= 0.6 is 11.6 Å². The highest BCUT2D eigenvalue weighted by Crippen LogP contribution is 2.20. The maximum Gasteiger partial charge on any atom is 0.339 e. The highest BCUT2D eigenvalue weighted by Gasteiger charge is 2.18. The fraction of sp³-hybridized carbons (Fsp3) is 0.286. The van der Waals surface area contributed by atoms with Crippen LogP contribution in [0.5, 0.6) is 5.75 Å². The van der Waals surface area contributed by atoms with Crippen molar-refractivity contribution in [2.24, 2.45) is 0 Å². The molecule has 1 aromatic carbocycles. The predicted molar refractivity (Wildman–Crippen MR) is 75.4 cm³/mol. The van der Waals surface area contributed by atoms with Gasteiger partial charge in [-0.25, -0.2) is 4.79 Å². The van der Waals surface area contributed by atoms with Gasteiger partial charge in [0.25, 0.3) is 0 Å². The van der Waals surface area contributed by atoms with Gasteiger partial charge in [-0.05, 0) is 32.0 Å². The summed E-state index contributed by atoms with van der Waals surface area (Å²) < 4.78 is 7.25. The normalized spacial score (nSPS) is 10.8. The summed E-state index contributed by atoms with van der Waals surface area (Å²) in [6.07, 6.45) is 1.35. The van der Waals surface area contributed by atoms with Crippen molar-refractivity contribution in [2.75, 3.05) is 0 Å². The quantitative estimate of drug-likeness (QED) is 0.918. The molecule has 106 valence electrons. The maximum absolute atomic E-state index is 11.2. The van der Waals surface area contributed by atoms with Crippen molar-refractivity contribution >= 4 is 17.6 Å². The molecule has 1 heterocycles. The van der Waals surface area contributed by atoms with Gasteiger partial charge in [-0.1, -0.05) is 17.7 Å². The lowest BCUT2D eigenvalue weighted by Gasteiger charge is -2.13. The van der Waals surface area contributed by atoms with Crippen LogP contribution < -0.4 is 4.74 Å². The van der Waals surface area contributed by atoms with E-state index in [-0.39, 0.29) is 18.2 Å². The number of nitrogens with zero attached hydrogens (tertiary/aromatic N) is 2. The third kappa shape index (κ3) is 3.11. The zero-order valence-corrected chi connectivity index (χ0v) is 12.0. The molecule has 0 aliphatic heterocycles. The minimum absolute atomic E-state index is 0.0565. The summed E-state index contributed by atoms with van der Waals surface area (Å²) in [6.45, 7) is 3.99. The van der Waals surface area contributed by atoms with Crippen LogP contribution in [0.2, 0.25) is 5.02 Å². The van der Waals surface area contributed by atoms with E-state index in [1.54, 1.807) is 28.9 Å². The molecule has 6 heteroatoms. The summed E-state index contributed by atoms with van der Waals surface area (Å²) in [7, 11) is 0. The van der Waals surface area contributed by atoms with Gasteiger partial charge in [-0.15, -0.1) is 0 Å². The van der Waals surface area contributed by atoms with Crippen molar-refractivity contribution in [3.63, 3.8) is 0 Å². The average Bonchev–Trinajstić information content (AvgIpc) is 2.80. The van der Waals surface area contributed by atoms with E-state index in [9.17, 15) is 9.90 Å². The van der Waals surface area contributed by atoms with Crippen molar-refractivity contribution in [3.05, 3.63) is 46.7 Å². The summed E-state index contributed by atoms with van der Waals surface area (Å²) in [5.74, 6) is -0.424. The van der Waals surface area contributed by atoms with Gasteiger partial charge in [0.05, 0.1) is 11.9 Å². The zero-order valence-electron chi connectivity index (χ0n) is 11.2. The maximum atomic E-state index is 11.2. The van der Waals surface area contributed by atoms with E-state index < -0.39 is 5.97 Å². The molecular formula is C14H15ClN2O3. The first kappa shape index (κ1) is 14.4. The largest absolute Gasteiger partial charge is 0.487 e. The highest BCUT2D eigenvalue weighted by molar-refractivity contribution is 6.30. The van der Waals surface area contributed by atoms with Crippen LogP contribution in [0.15, 0.2) is 30.5 Å². The van der Waals surface area contributed by atoms with Crippen LogP contribution in [0.4, 0.5) is 0 Å². The molecule has 2 aromatic rings. The molecule has 0 saturated carbocycles. The molecule has 0 fully saturated rings. The Balaban J connectivity index is 2.23. The summed E-state index contributed by atoms with van der Waals surface area (Å²) in [5, 5.41) is 13.8. The van der Waals surface area contributed by atoms with E-state index in [0.29, 0.717) is 16.5 Å². The smallest absolute Gasteiger partial charge is 0.339 e. The van der Waals surface area contributed by atoms with Gasteiger partial charge in [-0.3, -0.25) is 4.68 Å². The van der Waals surface area contributed by atoms with E-state index >= 15 is 0 Å². The molecular weight excluding hydrogens is 280 g/mol. The lowest BCUT2D eigenvalue weighted by atomic mass is 10.2. The van der Waals surface area contributed by atoms with E-state index in [2.05, 4.69) is 5.10 Å². The number of ether oxygens (including phenoxy) is 1. The fourth-order valence-corrected chi connectivity index (χ4v) is 2.04. The second kappa shape index (κ2) is 5.96. The lowest BCUT2D eigenvalue weighted by Crippen LogP contribution is -2.13. The lowest BCUT2D eigenvalue weighted by molar-refractivity contribution is 0.0693. The molecule has 5 nitrogen and oxygen atoms in total. The van der Waals surface area contributed by atoms with Gasteiger partial charge in [0.15, 0.2) is 0 Å². The number of aromatic carboxylic acids is 1. The first-order valence-corrected chi connectivity index (χ1v) is 6.55. The number of hydrogen-bond acceptors (Lipinski definition) is 3. The number of halogens is 1. The number of hydrogen-bond donors (Lipinski definition) is 1. The van der Waals surface area contributed by atoms with Crippen LogP contribution in [0.3, 0.4) is 0 Å². The van der Waals surface area contributed by atoms with Gasteiger partial charge in [0, 0.05) is 11.1 Å². The summed E-state index contributed by atoms with van der Waals surface area (Å²) in [5.41, 5.74) is 0.688. The Morgan fingerprint density at radius 2 is 2.25 bits per heavy atom. The number of carbonyl (C=O) groups is 1. The van der Waals surface area contributed by atoms with Crippen LogP contribution in [-0.2, 0) is 6.61 Å². The van der Waals surface area contributed by atoms with Crippen LogP contribution in [-0.4, -0.2) is 20.9 Å². The Labute approximate surface area is 121 Å². The monoisotopic (exact) mass is 294 g/mol. The highest BCUT2D eigenvalue weighted by atomic mass is 35.5. The molecule has 0 unspecified atom stereocenters. The molecule has 0 aliphatic rings. The Morgan fingerprint density at radius 1 is 1.50 bits per heavy atom. The Bertz CT molecular complexity index is 623. The Morgan fingerprint density at radius 3 is 2.85 bits per heavy atom. The SMILES string of the molecule is CC(C)n1ncc(C(=O)O)c1COc1cccc(Cl)c1. The Kier molecular flexibility index (Phi) is 4.29. The molecule has 0 bridgehead atoms. The molecule has 0 saturated heterocycles. The molecule has 1 aromatic heterocycles. The van der Waals surface area contributed by atoms with E-state index in [4.69, 9.17) is 16.3 Å². The van der Waals surface area contributed by atoms with Crippen molar-refractivity contribution in [1.29, 1.82) is 0 Å². The molecule has 0 spiro atoms. The number of carboxylic acids is 1. The van der Waals surface area contributed by atoms with Gasteiger partial charge in [0.2, 0.25) is 0 Å². The molecule has 0 aliphatic carbocycles. The number of rotatable bonds is 5. The van der Waals surface area contributed by atoms with E-state index in [0.717, 1.165) is 0 Å². The molecule has 1 N–H and O–H groups in total. The van der Waals surface area contributed by atoms with Crippen LogP contribution in [0.1, 0.15) is 35.9 Å². The third-order valence-corrected chi connectivity index (χ3v) is 3.02. The van der Waals surface area contributed by atoms with Crippen molar-refractivity contribution < 1.29 is 14.6 Å². The number of aromatic nitrogens is 2. The van der Waals surface area contributed by atoms with Crippen molar-refractivity contribution in [3.8, 4) is 5.75 Å². The molecule has 0 amide bonds. The minimum atomic E-state index is -1.01. The van der Waals surface area contributed by atoms with Gasteiger partial charge in [0.1, 0.15) is 17.9 Å². The first-order chi connectivity index (χ1) is 9.49. The average molecular weight is 295 g/mol. The van der Waals surface area contributed by atoms with Gasteiger partial charge < -0.3 is 9.84 Å². The summed E-state index contributed by atoms with van der Waals surface area (Å²) >= 11 is 5.88. The van der Waals surface area contributed by atoms with E-state index in [1.165, 1.54) is 6.20 Å². The first-order valence-electron chi connectivity index (χ1n) is 6.17. The van der Waals surface area contributed by atoms with E-state index in [1.807, 2.05) is 13.8 Å². The number of benzene rings is 1. The number of carboxylic acid groups (broad SMARTS) is 1. The summed E-state index contributed by atoms with van der Waals surface area (Å²) in [4.78, 5) is 11.2. The molecule has 0 radical (unpaired) electrons. The Hall–Kier alpha value is -2.01. The summed E-state index contributed by atoms with van der Waals surface area (Å²) in [6, 6.07) is 7.02. The van der Waals surface area contributed by atoms with Crippen molar-refractivity contribution in [2.45, 2.75) is 26.5 Å². The van der Waals surface area contributed by atoms with Gasteiger partial charge >= 0.3 is 5.97 Å². The standard InChI is InChI=1S/C14H15ClN2O3/c1-9(2)17-13(12(7-16-17)14(18)19)8-20-11-5-3-4-10(15)6-11/h3-7,9H,8H2,1-2H3,(H,18,19). The topological polar surface area (TPSA) is 64.4 Å².